The maximum atomic E-state index is 13.9. The highest BCUT2D eigenvalue weighted by Gasteiger charge is 2.52. The van der Waals surface area contributed by atoms with Gasteiger partial charge in [-0.1, -0.05) is 103 Å². The Labute approximate surface area is 276 Å². The zero-order valence-electron chi connectivity index (χ0n) is 26.7. The fraction of sp³-hybridized carbons (Fsp3) is 0.342. The largest absolute Gasteiger partial charge is 0.497 e. The molecule has 1 saturated heterocycles. The van der Waals surface area contributed by atoms with Gasteiger partial charge in [0.25, 0.3) is 0 Å². The first-order valence-electron chi connectivity index (χ1n) is 15.4. The summed E-state index contributed by atoms with van der Waals surface area (Å²) in [5, 5.41) is 0. The molecule has 0 unspecified atom stereocenters. The maximum absolute atomic E-state index is 13.9. The van der Waals surface area contributed by atoms with E-state index in [0.717, 1.165) is 27.3 Å². The lowest BCUT2D eigenvalue weighted by Crippen LogP contribution is -2.62. The number of carbonyl (C=O) groups excluding carboxylic acids is 1. The van der Waals surface area contributed by atoms with E-state index in [9.17, 15) is 4.79 Å². The van der Waals surface area contributed by atoms with Crippen LogP contribution in [-0.4, -0.2) is 48.5 Å². The van der Waals surface area contributed by atoms with Gasteiger partial charge in [-0.25, -0.2) is 4.79 Å². The van der Waals surface area contributed by atoms with Gasteiger partial charge in [-0.2, -0.15) is 0 Å². The Kier molecular flexibility index (Phi) is 11.9. The summed E-state index contributed by atoms with van der Waals surface area (Å²) in [4.78, 5) is 14.8. The Morgan fingerprint density at radius 2 is 1.13 bits per heavy atom. The van der Waals surface area contributed by atoms with Gasteiger partial charge >= 0.3 is 5.97 Å². The third-order valence-corrected chi connectivity index (χ3v) is 8.46. The quantitative estimate of drug-likeness (QED) is 0.138. The number of ether oxygens (including phenoxy) is 6. The van der Waals surface area contributed by atoms with Crippen molar-refractivity contribution in [3.05, 3.63) is 132 Å². The van der Waals surface area contributed by atoms with Gasteiger partial charge in [0.2, 0.25) is 0 Å². The zero-order chi connectivity index (χ0) is 32.4. The van der Waals surface area contributed by atoms with Crippen LogP contribution in [-0.2, 0) is 48.3 Å². The Balaban J connectivity index is 1.51. The van der Waals surface area contributed by atoms with Crippen LogP contribution in [0.5, 0.6) is 5.75 Å². The van der Waals surface area contributed by atoms with Gasteiger partial charge in [0.1, 0.15) is 35.1 Å². The lowest BCUT2D eigenvalue weighted by Gasteiger charge is -2.45. The zero-order valence-corrected chi connectivity index (χ0v) is 27.6. The van der Waals surface area contributed by atoms with Gasteiger partial charge in [0, 0.05) is 4.90 Å². The number of hydrogen-bond donors (Lipinski definition) is 0. The molecule has 4 aromatic carbocycles. The summed E-state index contributed by atoms with van der Waals surface area (Å²) < 4.78 is 37.9. The van der Waals surface area contributed by atoms with E-state index in [1.54, 1.807) is 7.11 Å². The highest BCUT2D eigenvalue weighted by molar-refractivity contribution is 7.99. The lowest BCUT2D eigenvalue weighted by atomic mass is 9.98. The first-order valence-corrected chi connectivity index (χ1v) is 16.3. The van der Waals surface area contributed by atoms with Crippen LogP contribution in [0.2, 0.25) is 0 Å². The van der Waals surface area contributed by atoms with Gasteiger partial charge in [0.15, 0.2) is 6.10 Å². The summed E-state index contributed by atoms with van der Waals surface area (Å²) >= 11 is 1.49. The molecule has 0 bridgehead atoms. The van der Waals surface area contributed by atoms with Crippen LogP contribution in [0.4, 0.5) is 0 Å². The number of thioether (sulfide) groups is 1. The standard InChI is InChI=1S/C38H42O7S/c1-38(2,3)45-36(39)34-32(41-26-29-20-22-30(40-4)23-21-29)33(42-24-27-14-8-5-9-15-27)35(43-25-28-16-10-6-11-17-28)37(44-34)46-31-18-12-7-13-19-31/h5-23,32-35,37H,24-26H2,1-4H3/t32-,33+,34+,35-,37+/m1/s1. The number of hydrogen-bond acceptors (Lipinski definition) is 8. The van der Waals surface area contributed by atoms with Gasteiger partial charge in [0.05, 0.1) is 26.9 Å². The van der Waals surface area contributed by atoms with E-state index < -0.39 is 41.4 Å². The Morgan fingerprint density at radius 3 is 1.65 bits per heavy atom. The third kappa shape index (κ3) is 9.67. The molecular formula is C38H42O7S. The van der Waals surface area contributed by atoms with Crippen molar-refractivity contribution in [2.24, 2.45) is 0 Å². The van der Waals surface area contributed by atoms with Crippen LogP contribution in [0.15, 0.2) is 120 Å². The average molecular weight is 643 g/mol. The topological polar surface area (TPSA) is 72.5 Å². The molecule has 1 aliphatic heterocycles. The van der Waals surface area contributed by atoms with Crippen LogP contribution in [0.3, 0.4) is 0 Å². The highest BCUT2D eigenvalue weighted by Crippen LogP contribution is 2.39. The van der Waals surface area contributed by atoms with Crippen molar-refractivity contribution in [1.82, 2.24) is 0 Å². The Morgan fingerprint density at radius 1 is 0.652 bits per heavy atom. The molecule has 0 saturated carbocycles. The molecule has 5 rings (SSSR count). The molecule has 242 valence electrons. The van der Waals surface area contributed by atoms with E-state index in [1.165, 1.54) is 11.8 Å². The summed E-state index contributed by atoms with van der Waals surface area (Å²) in [7, 11) is 1.63. The SMILES string of the molecule is COc1ccc(CO[C@@H]2[C@H](OCc3ccccc3)[C@@H](OCc3ccccc3)[C@H](Sc3ccccc3)O[C@@H]2C(=O)OC(C)(C)C)cc1. The average Bonchev–Trinajstić information content (AvgIpc) is 3.06. The second-order valence-corrected chi connectivity index (χ2v) is 13.2. The van der Waals surface area contributed by atoms with E-state index in [0.29, 0.717) is 13.2 Å². The normalized spacial score (nSPS) is 21.4. The number of esters is 1. The summed E-state index contributed by atoms with van der Waals surface area (Å²) in [5.74, 6) is 0.233. The number of rotatable bonds is 13. The van der Waals surface area contributed by atoms with E-state index >= 15 is 0 Å². The first-order chi connectivity index (χ1) is 22.3. The van der Waals surface area contributed by atoms with Crippen LogP contribution in [0, 0.1) is 0 Å². The van der Waals surface area contributed by atoms with Crippen LogP contribution >= 0.6 is 11.8 Å². The second-order valence-electron chi connectivity index (χ2n) is 12.0. The lowest BCUT2D eigenvalue weighted by molar-refractivity contribution is -0.252. The monoisotopic (exact) mass is 642 g/mol. The van der Waals surface area contributed by atoms with E-state index in [-0.39, 0.29) is 6.61 Å². The van der Waals surface area contributed by atoms with Gasteiger partial charge in [-0.05, 0) is 61.7 Å². The fourth-order valence-electron chi connectivity index (χ4n) is 5.08. The van der Waals surface area contributed by atoms with Crippen LogP contribution < -0.4 is 4.74 Å². The minimum absolute atomic E-state index is 0.213. The molecule has 8 heteroatoms. The molecule has 0 spiro atoms. The molecular weight excluding hydrogens is 600 g/mol. The molecule has 0 N–H and O–H groups in total. The number of benzene rings is 4. The van der Waals surface area contributed by atoms with Crippen molar-refractivity contribution in [3.8, 4) is 5.75 Å². The number of methoxy groups -OCH3 is 1. The highest BCUT2D eigenvalue weighted by atomic mass is 32.2. The first kappa shape index (κ1) is 33.7. The second kappa shape index (κ2) is 16.3. The summed E-state index contributed by atoms with van der Waals surface area (Å²) in [6.07, 6.45) is -3.20. The summed E-state index contributed by atoms with van der Waals surface area (Å²) in [6, 6.07) is 37.5. The van der Waals surface area contributed by atoms with E-state index in [1.807, 2.05) is 136 Å². The molecule has 46 heavy (non-hydrogen) atoms. The van der Waals surface area contributed by atoms with Crippen molar-refractivity contribution in [1.29, 1.82) is 0 Å². The minimum Gasteiger partial charge on any atom is -0.497 e. The fourth-order valence-corrected chi connectivity index (χ4v) is 6.21. The van der Waals surface area contributed by atoms with Crippen LogP contribution in [0.1, 0.15) is 37.5 Å². The molecule has 0 radical (unpaired) electrons. The van der Waals surface area contributed by atoms with Crippen LogP contribution in [0.25, 0.3) is 0 Å². The molecule has 0 amide bonds. The van der Waals surface area contributed by atoms with E-state index in [2.05, 4.69) is 0 Å². The maximum Gasteiger partial charge on any atom is 0.338 e. The van der Waals surface area contributed by atoms with Gasteiger partial charge in [-0.15, -0.1) is 0 Å². The van der Waals surface area contributed by atoms with Crippen molar-refractivity contribution < 1.29 is 33.2 Å². The predicted molar refractivity (Wildman–Crippen MR) is 178 cm³/mol. The number of carbonyl (C=O) groups is 1. The van der Waals surface area contributed by atoms with Crippen molar-refractivity contribution >= 4 is 17.7 Å². The molecule has 7 nitrogen and oxygen atoms in total. The van der Waals surface area contributed by atoms with Gasteiger partial charge in [-0.3, -0.25) is 0 Å². The summed E-state index contributed by atoms with van der Waals surface area (Å²) in [5.41, 5.74) is 1.58. The summed E-state index contributed by atoms with van der Waals surface area (Å²) in [6.45, 7) is 6.35. The Hall–Kier alpha value is -3.66. The smallest absolute Gasteiger partial charge is 0.338 e. The predicted octanol–water partition coefficient (Wildman–Crippen LogP) is 7.61. The molecule has 0 aromatic heterocycles. The van der Waals surface area contributed by atoms with E-state index in [4.69, 9.17) is 28.4 Å². The minimum atomic E-state index is -1.07. The molecule has 0 aliphatic carbocycles. The van der Waals surface area contributed by atoms with Crippen molar-refractivity contribution in [2.45, 2.75) is 80.9 Å². The molecule has 1 aliphatic rings. The Bertz CT molecular complexity index is 1480. The van der Waals surface area contributed by atoms with Crippen molar-refractivity contribution in [3.63, 3.8) is 0 Å². The molecule has 1 heterocycles. The molecule has 1 fully saturated rings. The molecule has 5 atom stereocenters. The third-order valence-electron chi connectivity index (χ3n) is 7.30. The van der Waals surface area contributed by atoms with Crippen molar-refractivity contribution in [2.75, 3.05) is 7.11 Å². The molecule has 4 aromatic rings. The van der Waals surface area contributed by atoms with Gasteiger partial charge < -0.3 is 28.4 Å².